The molecule has 0 aliphatic carbocycles. The molecule has 2 aromatic carbocycles. The van der Waals surface area contributed by atoms with Gasteiger partial charge in [0.2, 0.25) is 21.8 Å². The van der Waals surface area contributed by atoms with Gasteiger partial charge in [0.25, 0.3) is 0 Å². The van der Waals surface area contributed by atoms with Gasteiger partial charge in [0.05, 0.1) is 19.1 Å². The van der Waals surface area contributed by atoms with E-state index >= 15 is 0 Å². The third-order valence-electron chi connectivity index (χ3n) is 5.17. The Kier molecular flexibility index (Phi) is 10.2. The summed E-state index contributed by atoms with van der Waals surface area (Å²) in [5, 5.41) is 3.66. The highest BCUT2D eigenvalue weighted by molar-refractivity contribution is 7.92. The Bertz CT molecular complexity index is 1140. The van der Waals surface area contributed by atoms with Crippen LogP contribution in [0.25, 0.3) is 0 Å². The summed E-state index contributed by atoms with van der Waals surface area (Å²) in [6.45, 7) is 4.99. The number of hydrogen-bond donors (Lipinski definition) is 1. The maximum atomic E-state index is 13.7. The van der Waals surface area contributed by atoms with Crippen molar-refractivity contribution in [3.8, 4) is 5.75 Å². The van der Waals surface area contributed by atoms with Gasteiger partial charge in [-0.2, -0.15) is 0 Å². The molecule has 11 heteroatoms. The second-order valence-electron chi connectivity index (χ2n) is 8.32. The Morgan fingerprint density at radius 2 is 1.66 bits per heavy atom. The Morgan fingerprint density at radius 3 is 2.17 bits per heavy atom. The smallest absolute Gasteiger partial charge is 0.244 e. The van der Waals surface area contributed by atoms with Crippen molar-refractivity contribution in [2.24, 2.45) is 0 Å². The SMILES string of the molecule is CCC(C(=O)NC(C)C)N(Cc1ccc(Cl)cc1)C(=O)CN(c1cc(Cl)ccc1OC)S(C)(=O)=O. The lowest BCUT2D eigenvalue weighted by Crippen LogP contribution is -2.53. The van der Waals surface area contributed by atoms with Gasteiger partial charge < -0.3 is 15.0 Å². The molecular formula is C24H31Cl2N3O5S. The summed E-state index contributed by atoms with van der Waals surface area (Å²) in [5.41, 5.74) is 0.867. The first-order chi connectivity index (χ1) is 16.4. The molecule has 0 saturated carbocycles. The molecule has 2 aromatic rings. The fourth-order valence-corrected chi connectivity index (χ4v) is 4.68. The summed E-state index contributed by atoms with van der Waals surface area (Å²) in [6.07, 6.45) is 1.32. The van der Waals surface area contributed by atoms with Crippen LogP contribution in [0.3, 0.4) is 0 Å². The van der Waals surface area contributed by atoms with E-state index in [1.54, 1.807) is 37.3 Å². The van der Waals surface area contributed by atoms with E-state index in [-0.39, 0.29) is 35.0 Å². The van der Waals surface area contributed by atoms with Gasteiger partial charge in [-0.15, -0.1) is 0 Å². The van der Waals surface area contributed by atoms with Gasteiger partial charge in [-0.25, -0.2) is 8.42 Å². The molecule has 2 rings (SSSR count). The van der Waals surface area contributed by atoms with Gasteiger partial charge in [-0.3, -0.25) is 13.9 Å². The largest absolute Gasteiger partial charge is 0.495 e. The number of methoxy groups -OCH3 is 1. The first-order valence-corrected chi connectivity index (χ1v) is 13.6. The molecule has 0 aromatic heterocycles. The van der Waals surface area contributed by atoms with Gasteiger partial charge in [0, 0.05) is 22.6 Å². The van der Waals surface area contributed by atoms with E-state index in [9.17, 15) is 18.0 Å². The second kappa shape index (κ2) is 12.5. The summed E-state index contributed by atoms with van der Waals surface area (Å²) in [4.78, 5) is 28.0. The topological polar surface area (TPSA) is 96.0 Å². The summed E-state index contributed by atoms with van der Waals surface area (Å²) < 4.78 is 31.7. The summed E-state index contributed by atoms with van der Waals surface area (Å²) in [7, 11) is -2.52. The van der Waals surface area contributed by atoms with Crippen molar-refractivity contribution in [1.82, 2.24) is 10.2 Å². The Balaban J connectivity index is 2.50. The number of carbonyl (C=O) groups is 2. The highest BCUT2D eigenvalue weighted by Gasteiger charge is 2.32. The van der Waals surface area contributed by atoms with Crippen LogP contribution in [0.5, 0.6) is 5.75 Å². The second-order valence-corrected chi connectivity index (χ2v) is 11.1. The number of nitrogens with zero attached hydrogens (tertiary/aromatic N) is 2. The van der Waals surface area contributed by atoms with Crippen LogP contribution in [0, 0.1) is 0 Å². The molecule has 192 valence electrons. The zero-order chi connectivity index (χ0) is 26.3. The third-order valence-corrected chi connectivity index (χ3v) is 6.79. The van der Waals surface area contributed by atoms with Crippen molar-refractivity contribution in [2.75, 3.05) is 24.2 Å². The van der Waals surface area contributed by atoms with E-state index in [1.807, 2.05) is 13.8 Å². The minimum Gasteiger partial charge on any atom is -0.495 e. The van der Waals surface area contributed by atoms with Crippen LogP contribution in [-0.2, 0) is 26.2 Å². The Hall–Kier alpha value is -2.49. The molecule has 0 spiro atoms. The highest BCUT2D eigenvalue weighted by atomic mass is 35.5. The van der Waals surface area contributed by atoms with Crippen LogP contribution in [0.1, 0.15) is 32.8 Å². The average Bonchev–Trinajstić information content (AvgIpc) is 2.77. The zero-order valence-corrected chi connectivity index (χ0v) is 22.7. The van der Waals surface area contributed by atoms with E-state index in [0.717, 1.165) is 16.1 Å². The molecule has 0 saturated heterocycles. The third kappa shape index (κ3) is 8.02. The molecule has 0 radical (unpaired) electrons. The number of benzene rings is 2. The highest BCUT2D eigenvalue weighted by Crippen LogP contribution is 2.33. The lowest BCUT2D eigenvalue weighted by molar-refractivity contribution is -0.140. The molecule has 0 heterocycles. The van der Waals surface area contributed by atoms with Crippen LogP contribution in [0.2, 0.25) is 10.0 Å². The quantitative estimate of drug-likeness (QED) is 0.460. The number of ether oxygens (including phenoxy) is 1. The number of rotatable bonds is 11. The number of sulfonamides is 1. The maximum absolute atomic E-state index is 13.7. The molecule has 0 bridgehead atoms. The number of amides is 2. The first-order valence-electron chi connectivity index (χ1n) is 11.0. The Morgan fingerprint density at radius 1 is 1.06 bits per heavy atom. The van der Waals surface area contributed by atoms with Crippen molar-refractivity contribution >= 4 is 50.7 Å². The van der Waals surface area contributed by atoms with Crippen molar-refractivity contribution in [3.63, 3.8) is 0 Å². The van der Waals surface area contributed by atoms with E-state index < -0.39 is 28.5 Å². The van der Waals surface area contributed by atoms with Crippen LogP contribution in [0.15, 0.2) is 42.5 Å². The number of halogens is 2. The number of hydrogen-bond acceptors (Lipinski definition) is 5. The van der Waals surface area contributed by atoms with Crippen LogP contribution < -0.4 is 14.4 Å². The molecule has 0 aliphatic rings. The van der Waals surface area contributed by atoms with E-state index in [2.05, 4.69) is 5.32 Å². The van der Waals surface area contributed by atoms with Gasteiger partial charge in [-0.1, -0.05) is 42.3 Å². The minimum absolute atomic E-state index is 0.0876. The number of nitrogens with one attached hydrogen (secondary N) is 1. The van der Waals surface area contributed by atoms with E-state index in [4.69, 9.17) is 27.9 Å². The van der Waals surface area contributed by atoms with Gasteiger partial charge in [0.1, 0.15) is 18.3 Å². The maximum Gasteiger partial charge on any atom is 0.244 e. The van der Waals surface area contributed by atoms with Gasteiger partial charge in [-0.05, 0) is 56.2 Å². The average molecular weight is 545 g/mol. The summed E-state index contributed by atoms with van der Waals surface area (Å²) >= 11 is 12.1. The van der Waals surface area contributed by atoms with Gasteiger partial charge in [0.15, 0.2) is 0 Å². The lowest BCUT2D eigenvalue weighted by Gasteiger charge is -2.33. The van der Waals surface area contributed by atoms with Gasteiger partial charge >= 0.3 is 0 Å². The normalized spacial score (nSPS) is 12.2. The fourth-order valence-electron chi connectivity index (χ4n) is 3.54. The van der Waals surface area contributed by atoms with Crippen molar-refractivity contribution in [2.45, 2.75) is 45.8 Å². The zero-order valence-electron chi connectivity index (χ0n) is 20.4. The molecule has 2 amide bonds. The molecular weight excluding hydrogens is 513 g/mol. The van der Waals surface area contributed by atoms with Crippen LogP contribution in [-0.4, -0.2) is 57.1 Å². The number of carbonyl (C=O) groups excluding carboxylic acids is 2. The van der Waals surface area contributed by atoms with Crippen molar-refractivity contribution < 1.29 is 22.7 Å². The van der Waals surface area contributed by atoms with E-state index in [1.165, 1.54) is 24.1 Å². The molecule has 0 aliphatic heterocycles. The summed E-state index contributed by atoms with van der Waals surface area (Å²) in [6, 6.07) is 10.4. The molecule has 0 fully saturated rings. The van der Waals surface area contributed by atoms with E-state index in [0.29, 0.717) is 11.4 Å². The molecule has 1 N–H and O–H groups in total. The van der Waals surface area contributed by atoms with Crippen LogP contribution in [0.4, 0.5) is 5.69 Å². The fraction of sp³-hybridized carbons (Fsp3) is 0.417. The molecule has 35 heavy (non-hydrogen) atoms. The first kappa shape index (κ1) is 28.7. The van der Waals surface area contributed by atoms with Crippen molar-refractivity contribution in [1.29, 1.82) is 0 Å². The van der Waals surface area contributed by atoms with Crippen LogP contribution >= 0.6 is 23.2 Å². The molecule has 1 atom stereocenters. The Labute approximate surface area is 217 Å². The monoisotopic (exact) mass is 543 g/mol. The number of anilines is 1. The minimum atomic E-state index is -3.92. The molecule has 1 unspecified atom stereocenters. The summed E-state index contributed by atoms with van der Waals surface area (Å²) in [5.74, 6) is -0.643. The predicted octanol–water partition coefficient (Wildman–Crippen LogP) is 4.10. The molecule has 8 nitrogen and oxygen atoms in total. The standard InChI is InChI=1S/C24H31Cl2N3O5S/c1-6-20(24(31)27-16(2)3)28(14-17-7-9-18(25)10-8-17)23(30)15-29(35(5,32)33)21-13-19(26)11-12-22(21)34-4/h7-13,16,20H,6,14-15H2,1-5H3,(H,27,31). The predicted molar refractivity (Wildman–Crippen MR) is 140 cm³/mol. The lowest BCUT2D eigenvalue weighted by atomic mass is 10.1. The van der Waals surface area contributed by atoms with Crippen molar-refractivity contribution in [3.05, 3.63) is 58.1 Å².